The molecule has 3 rings (SSSR count). The number of nitrogens with one attached hydrogen (secondary N) is 1. The van der Waals surface area contributed by atoms with E-state index in [2.05, 4.69) is 15.3 Å². The maximum Gasteiger partial charge on any atom is 0.277 e. The molecular weight excluding hydrogens is 274 g/mol. The number of hydrogen-bond acceptors (Lipinski definition) is 3. The fraction of sp³-hybridized carbons (Fsp3) is 0. The zero-order valence-corrected chi connectivity index (χ0v) is 11.1. The summed E-state index contributed by atoms with van der Waals surface area (Å²) in [7, 11) is 0. The van der Waals surface area contributed by atoms with Crippen LogP contribution in [-0.2, 0) is 0 Å². The second kappa shape index (κ2) is 5.27. The highest BCUT2D eigenvalue weighted by Crippen LogP contribution is 2.23. The van der Waals surface area contributed by atoms with Gasteiger partial charge in [-0.05, 0) is 11.5 Å². The van der Waals surface area contributed by atoms with Crippen LogP contribution in [0.1, 0.15) is 10.5 Å². The van der Waals surface area contributed by atoms with Crippen LogP contribution in [0.25, 0.3) is 10.8 Å². The largest absolute Gasteiger partial charge is 0.320 e. The third-order valence-electron chi connectivity index (χ3n) is 2.91. The van der Waals surface area contributed by atoms with E-state index >= 15 is 0 Å². The van der Waals surface area contributed by atoms with Crippen LogP contribution >= 0.6 is 11.6 Å². The summed E-state index contributed by atoms with van der Waals surface area (Å²) >= 11 is 5.87. The normalized spacial score (nSPS) is 10.4. The second-order valence-corrected chi connectivity index (χ2v) is 4.53. The van der Waals surface area contributed by atoms with Crippen molar-refractivity contribution >= 4 is 34.0 Å². The molecule has 20 heavy (non-hydrogen) atoms. The van der Waals surface area contributed by atoms with E-state index < -0.39 is 0 Å². The third-order valence-corrected chi connectivity index (χ3v) is 3.18. The van der Waals surface area contributed by atoms with Gasteiger partial charge in [0.05, 0.1) is 0 Å². The number of fused-ring (bicyclic) bond motifs is 1. The van der Waals surface area contributed by atoms with Crippen LogP contribution in [0.15, 0.2) is 54.9 Å². The van der Waals surface area contributed by atoms with Crippen LogP contribution < -0.4 is 5.32 Å². The highest BCUT2D eigenvalue weighted by Gasteiger charge is 2.13. The van der Waals surface area contributed by atoms with E-state index in [1.165, 1.54) is 12.4 Å². The van der Waals surface area contributed by atoms with Gasteiger partial charge in [-0.15, -0.1) is 0 Å². The molecule has 0 spiro atoms. The first-order valence-corrected chi connectivity index (χ1v) is 6.39. The zero-order chi connectivity index (χ0) is 13.9. The molecule has 1 N–H and O–H groups in total. The predicted molar refractivity (Wildman–Crippen MR) is 78.9 cm³/mol. The number of hydrogen-bond donors (Lipinski definition) is 1. The Morgan fingerprint density at radius 3 is 2.60 bits per heavy atom. The van der Waals surface area contributed by atoms with E-state index in [4.69, 9.17) is 11.6 Å². The number of carbonyl (C=O) groups is 1. The molecule has 0 aliphatic rings. The Morgan fingerprint density at radius 2 is 1.75 bits per heavy atom. The summed E-state index contributed by atoms with van der Waals surface area (Å²) in [5.41, 5.74) is 0.830. The van der Waals surface area contributed by atoms with Gasteiger partial charge in [0.2, 0.25) is 0 Å². The number of halogens is 1. The Balaban J connectivity index is 1.98. The Kier molecular flexibility index (Phi) is 3.31. The Bertz CT molecular complexity index is 783. The molecular formula is C15H10ClN3O. The van der Waals surface area contributed by atoms with Crippen molar-refractivity contribution < 1.29 is 4.79 Å². The summed E-state index contributed by atoms with van der Waals surface area (Å²) in [4.78, 5) is 20.0. The molecule has 0 radical (unpaired) electrons. The topological polar surface area (TPSA) is 54.9 Å². The summed E-state index contributed by atoms with van der Waals surface area (Å²) < 4.78 is 0. The van der Waals surface area contributed by atoms with Crippen LogP contribution in [-0.4, -0.2) is 15.9 Å². The van der Waals surface area contributed by atoms with Crippen LogP contribution in [0, 0.1) is 0 Å². The van der Waals surface area contributed by atoms with E-state index in [9.17, 15) is 4.79 Å². The minimum Gasteiger partial charge on any atom is -0.320 e. The first-order chi connectivity index (χ1) is 9.75. The molecule has 1 aromatic heterocycles. The molecule has 0 aliphatic heterocycles. The number of anilines is 1. The highest BCUT2D eigenvalue weighted by molar-refractivity contribution is 6.33. The molecule has 0 saturated carbocycles. The Morgan fingerprint density at radius 1 is 1.00 bits per heavy atom. The van der Waals surface area contributed by atoms with Gasteiger partial charge < -0.3 is 5.32 Å². The molecule has 98 valence electrons. The van der Waals surface area contributed by atoms with Gasteiger partial charge in [-0.25, -0.2) is 9.97 Å². The van der Waals surface area contributed by atoms with Gasteiger partial charge in [-0.3, -0.25) is 4.79 Å². The van der Waals surface area contributed by atoms with E-state index in [1.54, 1.807) is 0 Å². The van der Waals surface area contributed by atoms with E-state index in [0.717, 1.165) is 16.5 Å². The predicted octanol–water partition coefficient (Wildman–Crippen LogP) is 3.54. The van der Waals surface area contributed by atoms with Crippen LogP contribution in [0.2, 0.25) is 5.15 Å². The summed E-state index contributed by atoms with van der Waals surface area (Å²) in [6.07, 6.45) is 2.88. The number of nitrogens with zero attached hydrogens (tertiary/aromatic N) is 2. The maximum atomic E-state index is 12.2. The van der Waals surface area contributed by atoms with Gasteiger partial charge >= 0.3 is 0 Å². The molecule has 0 aliphatic carbocycles. The van der Waals surface area contributed by atoms with Crippen molar-refractivity contribution in [3.63, 3.8) is 0 Å². The van der Waals surface area contributed by atoms with Gasteiger partial charge in [-0.1, -0.05) is 48.0 Å². The average molecular weight is 284 g/mol. The second-order valence-electron chi connectivity index (χ2n) is 4.18. The van der Waals surface area contributed by atoms with Gasteiger partial charge in [0.25, 0.3) is 5.91 Å². The van der Waals surface area contributed by atoms with E-state index in [-0.39, 0.29) is 16.8 Å². The number of benzene rings is 2. The lowest BCUT2D eigenvalue weighted by Crippen LogP contribution is -2.14. The van der Waals surface area contributed by atoms with Crippen LogP contribution in [0.5, 0.6) is 0 Å². The SMILES string of the molecule is O=C(Nc1cccc2ccccc12)c1nccnc1Cl. The zero-order valence-electron chi connectivity index (χ0n) is 10.4. The first-order valence-electron chi connectivity index (χ1n) is 6.01. The Labute approximate surface area is 120 Å². The van der Waals surface area contributed by atoms with Crippen molar-refractivity contribution in [2.45, 2.75) is 0 Å². The van der Waals surface area contributed by atoms with Gasteiger partial charge in [-0.2, -0.15) is 0 Å². The quantitative estimate of drug-likeness (QED) is 0.783. The number of carbonyl (C=O) groups excluding carboxylic acids is 1. The Hall–Kier alpha value is -2.46. The molecule has 0 bridgehead atoms. The summed E-state index contributed by atoms with van der Waals surface area (Å²) in [5, 5.41) is 4.92. The molecule has 4 nitrogen and oxygen atoms in total. The van der Waals surface area contributed by atoms with Crippen molar-refractivity contribution in [2.24, 2.45) is 0 Å². The maximum absolute atomic E-state index is 12.2. The molecule has 1 amide bonds. The fourth-order valence-corrected chi connectivity index (χ4v) is 2.18. The van der Waals surface area contributed by atoms with Crippen molar-refractivity contribution in [3.05, 3.63) is 65.7 Å². The average Bonchev–Trinajstić information content (AvgIpc) is 2.48. The van der Waals surface area contributed by atoms with E-state index in [1.807, 2.05) is 42.5 Å². The molecule has 0 saturated heterocycles. The van der Waals surface area contributed by atoms with Crippen molar-refractivity contribution in [1.29, 1.82) is 0 Å². The highest BCUT2D eigenvalue weighted by atomic mass is 35.5. The molecule has 2 aromatic carbocycles. The smallest absolute Gasteiger partial charge is 0.277 e. The van der Waals surface area contributed by atoms with E-state index in [0.29, 0.717) is 0 Å². The summed E-state index contributed by atoms with van der Waals surface area (Å²) in [6, 6.07) is 13.5. The number of rotatable bonds is 2. The summed E-state index contributed by atoms with van der Waals surface area (Å²) in [5.74, 6) is -0.376. The molecule has 5 heteroatoms. The number of aromatic nitrogens is 2. The molecule has 0 unspecified atom stereocenters. The van der Waals surface area contributed by atoms with Crippen LogP contribution in [0.4, 0.5) is 5.69 Å². The van der Waals surface area contributed by atoms with Crippen LogP contribution in [0.3, 0.4) is 0 Å². The van der Waals surface area contributed by atoms with Crippen molar-refractivity contribution in [3.8, 4) is 0 Å². The molecule has 0 atom stereocenters. The van der Waals surface area contributed by atoms with Crippen molar-refractivity contribution in [2.75, 3.05) is 5.32 Å². The molecule has 0 fully saturated rings. The van der Waals surface area contributed by atoms with Gasteiger partial charge in [0, 0.05) is 23.5 Å². The molecule has 1 heterocycles. The van der Waals surface area contributed by atoms with Gasteiger partial charge in [0.15, 0.2) is 10.8 Å². The monoisotopic (exact) mass is 283 g/mol. The third kappa shape index (κ3) is 2.33. The summed E-state index contributed by atoms with van der Waals surface area (Å²) in [6.45, 7) is 0. The molecule has 3 aromatic rings. The lowest BCUT2D eigenvalue weighted by molar-refractivity contribution is 0.102. The minimum absolute atomic E-state index is 0.0882. The van der Waals surface area contributed by atoms with Crippen molar-refractivity contribution in [1.82, 2.24) is 9.97 Å². The standard InChI is InChI=1S/C15H10ClN3O/c16-14-13(17-8-9-18-14)15(20)19-12-7-3-5-10-4-1-2-6-11(10)12/h1-9H,(H,19,20). The van der Waals surface area contributed by atoms with Gasteiger partial charge in [0.1, 0.15) is 0 Å². The lowest BCUT2D eigenvalue weighted by atomic mass is 10.1. The lowest BCUT2D eigenvalue weighted by Gasteiger charge is -2.08. The minimum atomic E-state index is -0.376. The number of amides is 1. The fourth-order valence-electron chi connectivity index (χ4n) is 1.99. The first kappa shape index (κ1) is 12.6.